The van der Waals surface area contributed by atoms with Gasteiger partial charge in [0.05, 0.1) is 6.04 Å². The van der Waals surface area contributed by atoms with Gasteiger partial charge in [-0.3, -0.25) is 4.79 Å². The highest BCUT2D eigenvalue weighted by atomic mass is 35.5. The zero-order valence-electron chi connectivity index (χ0n) is 14.3. The molecule has 1 amide bonds. The molecule has 0 fully saturated rings. The Bertz CT molecular complexity index is 750. The van der Waals surface area contributed by atoms with Crippen LogP contribution in [0.3, 0.4) is 0 Å². The van der Waals surface area contributed by atoms with Crippen molar-refractivity contribution in [3.63, 3.8) is 0 Å². The zero-order chi connectivity index (χ0) is 17.1. The maximum Gasteiger partial charge on any atom is 0.223 e. The average Bonchev–Trinajstić information content (AvgIpc) is 2.54. The summed E-state index contributed by atoms with van der Waals surface area (Å²) < 4.78 is 13.3. The van der Waals surface area contributed by atoms with Crippen LogP contribution in [0.4, 0.5) is 10.1 Å². The van der Waals surface area contributed by atoms with Crippen LogP contribution >= 0.6 is 12.4 Å². The van der Waals surface area contributed by atoms with E-state index in [2.05, 4.69) is 5.32 Å². The molecule has 0 aliphatic heterocycles. The number of amides is 1. The van der Waals surface area contributed by atoms with Gasteiger partial charge in [0.15, 0.2) is 0 Å². The van der Waals surface area contributed by atoms with Crippen LogP contribution < -0.4 is 11.1 Å². The number of anilines is 1. The number of halogens is 2. The topological polar surface area (TPSA) is 55.1 Å². The molecule has 134 valence electrons. The number of nitrogen functional groups attached to an aromatic ring is 1. The Hall–Kier alpha value is -2.07. The highest BCUT2D eigenvalue weighted by Crippen LogP contribution is 2.31. The molecule has 3 rings (SSSR count). The Morgan fingerprint density at radius 2 is 2.12 bits per heavy atom. The van der Waals surface area contributed by atoms with Crippen LogP contribution in [0, 0.1) is 11.7 Å². The number of carbonyl (C=O) groups is 1. The standard InChI is InChI=1S/C20H23FN2O.ClH/c1-13(10-14-4-2-6-16(21)11-14)20(24)23-19-7-3-5-15-12-17(22)8-9-18(15)19;/h2,4,6,8-9,11-13,19H,3,5,7,10,22H2,1H3,(H,23,24);1H. The first-order chi connectivity index (χ1) is 11.5. The lowest BCUT2D eigenvalue weighted by Gasteiger charge is -2.28. The van der Waals surface area contributed by atoms with Gasteiger partial charge < -0.3 is 11.1 Å². The van der Waals surface area contributed by atoms with Crippen LogP contribution in [-0.2, 0) is 17.6 Å². The number of hydrogen-bond acceptors (Lipinski definition) is 2. The second-order valence-electron chi connectivity index (χ2n) is 6.65. The van der Waals surface area contributed by atoms with Gasteiger partial charge in [-0.1, -0.05) is 25.1 Å². The third-order valence-electron chi connectivity index (χ3n) is 4.68. The third-order valence-corrected chi connectivity index (χ3v) is 4.68. The number of rotatable bonds is 4. The molecule has 0 heterocycles. The summed E-state index contributed by atoms with van der Waals surface area (Å²) in [6.45, 7) is 1.88. The van der Waals surface area contributed by atoms with Crippen molar-refractivity contribution >= 4 is 24.0 Å². The van der Waals surface area contributed by atoms with Gasteiger partial charge in [0.2, 0.25) is 5.91 Å². The van der Waals surface area contributed by atoms with Gasteiger partial charge in [-0.15, -0.1) is 12.4 Å². The molecule has 2 aromatic carbocycles. The predicted octanol–water partition coefficient (Wildman–Crippen LogP) is 4.20. The van der Waals surface area contributed by atoms with E-state index in [0.29, 0.717) is 6.42 Å². The molecular formula is C20H24ClFN2O. The van der Waals surface area contributed by atoms with Crippen LogP contribution in [-0.4, -0.2) is 5.91 Å². The predicted molar refractivity (Wildman–Crippen MR) is 101 cm³/mol. The van der Waals surface area contributed by atoms with Gasteiger partial charge in [0.25, 0.3) is 0 Å². The van der Waals surface area contributed by atoms with E-state index in [9.17, 15) is 9.18 Å². The fourth-order valence-corrected chi connectivity index (χ4v) is 3.41. The summed E-state index contributed by atoms with van der Waals surface area (Å²) in [5, 5.41) is 3.16. The largest absolute Gasteiger partial charge is 0.399 e. The van der Waals surface area contributed by atoms with Crippen molar-refractivity contribution < 1.29 is 9.18 Å². The minimum atomic E-state index is -0.265. The van der Waals surface area contributed by atoms with Gasteiger partial charge in [0.1, 0.15) is 5.82 Å². The highest BCUT2D eigenvalue weighted by molar-refractivity contribution is 5.85. The van der Waals surface area contributed by atoms with E-state index in [-0.39, 0.29) is 36.1 Å². The van der Waals surface area contributed by atoms with Crippen molar-refractivity contribution in [2.24, 2.45) is 5.92 Å². The molecule has 3 nitrogen and oxygen atoms in total. The summed E-state index contributed by atoms with van der Waals surface area (Å²) in [7, 11) is 0. The number of benzene rings is 2. The first-order valence-electron chi connectivity index (χ1n) is 8.46. The molecule has 0 saturated carbocycles. The molecule has 0 aromatic heterocycles. The van der Waals surface area contributed by atoms with Crippen molar-refractivity contribution in [2.45, 2.75) is 38.6 Å². The summed E-state index contributed by atoms with van der Waals surface area (Å²) >= 11 is 0. The lowest BCUT2D eigenvalue weighted by atomic mass is 9.87. The van der Waals surface area contributed by atoms with Crippen molar-refractivity contribution in [3.8, 4) is 0 Å². The summed E-state index contributed by atoms with van der Waals surface area (Å²) in [5.74, 6) is -0.459. The van der Waals surface area contributed by atoms with Crippen LogP contribution in [0.25, 0.3) is 0 Å². The smallest absolute Gasteiger partial charge is 0.223 e. The van der Waals surface area contributed by atoms with E-state index in [1.165, 1.54) is 23.3 Å². The second-order valence-corrected chi connectivity index (χ2v) is 6.65. The summed E-state index contributed by atoms with van der Waals surface area (Å²) in [4.78, 5) is 12.5. The Balaban J connectivity index is 0.00000225. The lowest BCUT2D eigenvalue weighted by Crippen LogP contribution is -2.35. The molecule has 1 aliphatic rings. The Morgan fingerprint density at radius 3 is 2.88 bits per heavy atom. The molecule has 5 heteroatoms. The van der Waals surface area contributed by atoms with E-state index in [0.717, 1.165) is 30.5 Å². The maximum atomic E-state index is 13.3. The fourth-order valence-electron chi connectivity index (χ4n) is 3.41. The molecule has 2 unspecified atom stereocenters. The van der Waals surface area contributed by atoms with Gasteiger partial charge >= 0.3 is 0 Å². The Morgan fingerprint density at radius 1 is 1.32 bits per heavy atom. The summed E-state index contributed by atoms with van der Waals surface area (Å²) in [5.41, 5.74) is 9.86. The van der Waals surface area contributed by atoms with Crippen molar-refractivity contribution in [3.05, 3.63) is 65.0 Å². The first kappa shape index (κ1) is 19.3. The summed E-state index contributed by atoms with van der Waals surface area (Å²) in [6.07, 6.45) is 3.52. The van der Waals surface area contributed by atoms with E-state index in [1.807, 2.05) is 31.2 Å². The van der Waals surface area contributed by atoms with E-state index >= 15 is 0 Å². The highest BCUT2D eigenvalue weighted by Gasteiger charge is 2.24. The minimum absolute atomic E-state index is 0. The molecule has 0 spiro atoms. The van der Waals surface area contributed by atoms with Gasteiger partial charge in [0, 0.05) is 11.6 Å². The number of carbonyl (C=O) groups excluding carboxylic acids is 1. The van der Waals surface area contributed by atoms with Gasteiger partial charge in [-0.2, -0.15) is 0 Å². The minimum Gasteiger partial charge on any atom is -0.399 e. The van der Waals surface area contributed by atoms with Crippen molar-refractivity contribution in [1.29, 1.82) is 0 Å². The molecule has 2 atom stereocenters. The van der Waals surface area contributed by atoms with Crippen LogP contribution in [0.15, 0.2) is 42.5 Å². The molecule has 0 bridgehead atoms. The molecule has 1 aliphatic carbocycles. The lowest BCUT2D eigenvalue weighted by molar-refractivity contribution is -0.125. The van der Waals surface area contributed by atoms with Crippen LogP contribution in [0.1, 0.15) is 42.5 Å². The van der Waals surface area contributed by atoms with E-state index in [1.54, 1.807) is 6.07 Å². The number of nitrogens with two attached hydrogens (primary N) is 1. The zero-order valence-corrected chi connectivity index (χ0v) is 15.1. The van der Waals surface area contributed by atoms with Crippen molar-refractivity contribution in [2.75, 3.05) is 5.73 Å². The van der Waals surface area contributed by atoms with E-state index < -0.39 is 0 Å². The Labute approximate surface area is 154 Å². The normalized spacial score (nSPS) is 17.1. The average molecular weight is 363 g/mol. The van der Waals surface area contributed by atoms with Gasteiger partial charge in [-0.25, -0.2) is 4.39 Å². The molecular weight excluding hydrogens is 339 g/mol. The van der Waals surface area contributed by atoms with Crippen LogP contribution in [0.2, 0.25) is 0 Å². The van der Waals surface area contributed by atoms with Crippen LogP contribution in [0.5, 0.6) is 0 Å². The van der Waals surface area contributed by atoms with E-state index in [4.69, 9.17) is 5.73 Å². The second kappa shape index (κ2) is 8.34. The molecule has 25 heavy (non-hydrogen) atoms. The number of aryl methyl sites for hydroxylation is 1. The number of fused-ring (bicyclic) bond motifs is 1. The SMILES string of the molecule is CC(Cc1cccc(F)c1)C(=O)NC1CCCc2cc(N)ccc21.Cl. The maximum absolute atomic E-state index is 13.3. The fraction of sp³-hybridized carbons (Fsp3) is 0.350. The molecule has 0 saturated heterocycles. The number of nitrogens with one attached hydrogen (secondary N) is 1. The molecule has 3 N–H and O–H groups in total. The monoisotopic (exact) mass is 362 g/mol. The third kappa shape index (κ3) is 4.73. The number of hydrogen-bond donors (Lipinski definition) is 2. The quantitative estimate of drug-likeness (QED) is 0.801. The summed E-state index contributed by atoms with van der Waals surface area (Å²) in [6, 6.07) is 12.4. The molecule has 2 aromatic rings. The van der Waals surface area contributed by atoms with Crippen molar-refractivity contribution in [1.82, 2.24) is 5.32 Å². The first-order valence-corrected chi connectivity index (χ1v) is 8.46. The Kier molecular flexibility index (Phi) is 6.43. The van der Waals surface area contributed by atoms with Gasteiger partial charge in [-0.05, 0) is 66.6 Å². The molecule has 0 radical (unpaired) electrons.